The minimum atomic E-state index is -0.157. The van der Waals surface area contributed by atoms with Crippen LogP contribution in [0, 0.1) is 0 Å². The maximum Gasteiger partial charge on any atom is 0.252 e. The second-order valence-corrected chi connectivity index (χ2v) is 26.8. The molecule has 12 rings (SSSR count). The quantitative estimate of drug-likeness (QED) is 0.154. The highest BCUT2D eigenvalue weighted by Gasteiger charge is 2.45. The van der Waals surface area contributed by atoms with E-state index in [1.165, 1.54) is 100 Å². The molecule has 2 aliphatic heterocycles. The zero-order valence-corrected chi connectivity index (χ0v) is 47.9. The van der Waals surface area contributed by atoms with Crippen LogP contribution >= 0.6 is 0 Å². The highest BCUT2D eigenvalue weighted by atomic mass is 15.2. The summed E-state index contributed by atoms with van der Waals surface area (Å²) >= 11 is 0. The summed E-state index contributed by atoms with van der Waals surface area (Å²) in [6, 6.07) is 74.6. The minimum absolute atomic E-state index is 0.00157. The molecule has 0 bridgehead atoms. The van der Waals surface area contributed by atoms with Crippen LogP contribution in [0.5, 0.6) is 0 Å². The molecule has 9 aromatic carbocycles. The first kappa shape index (κ1) is 50.3. The van der Waals surface area contributed by atoms with Crippen molar-refractivity contribution in [2.24, 2.45) is 0 Å². The molecule has 384 valence electrons. The van der Waals surface area contributed by atoms with E-state index in [-0.39, 0.29) is 33.8 Å². The average molecular weight is 1000 g/mol. The maximum absolute atomic E-state index is 2.61. The summed E-state index contributed by atoms with van der Waals surface area (Å²) in [4.78, 5) is 7.67. The molecule has 0 N–H and O–H groups in total. The zero-order valence-electron chi connectivity index (χ0n) is 47.9. The predicted molar refractivity (Wildman–Crippen MR) is 333 cm³/mol. The SMILES string of the molecule is CC(C)(C)c1ccc(N(c2ccc(-c3ccccc3)cc2)c2ccc3c(c2)N(c2ccc(C(C)(C)C)cc2)c2cc(C(C)(C)C)cc4c2B3c2cc(C(C)(C)C)ccc2N4c2ccc3c(c2)-c2ccccc2C3(C)C)cc1. The van der Waals surface area contributed by atoms with E-state index in [9.17, 15) is 0 Å². The number of hydrogen-bond acceptors (Lipinski definition) is 3. The molecule has 3 nitrogen and oxygen atoms in total. The van der Waals surface area contributed by atoms with Crippen molar-refractivity contribution in [3.05, 3.63) is 228 Å². The zero-order chi connectivity index (χ0) is 54.1. The van der Waals surface area contributed by atoms with Gasteiger partial charge in [-0.1, -0.05) is 212 Å². The average Bonchev–Trinajstić information content (AvgIpc) is 3.81. The summed E-state index contributed by atoms with van der Waals surface area (Å²) in [5, 5.41) is 0. The van der Waals surface area contributed by atoms with Crippen LogP contribution < -0.4 is 31.1 Å². The van der Waals surface area contributed by atoms with Crippen LogP contribution in [-0.4, -0.2) is 6.71 Å². The first-order chi connectivity index (χ1) is 36.5. The lowest BCUT2D eigenvalue weighted by atomic mass is 9.33. The standard InChI is InChI=1S/C73H74BN3/c1-69(2,3)49-26-33-54(34-27-49)75(53-31-24-48(25-32-53)47-20-16-15-17-21-47)57-38-40-62-65(46-57)76(55-35-28-50(29-36-55)70(4,5)6)66-43-52(72(10,11)12)44-67-68(66)74(62)63-42-51(71(7,8)9)30-41-64(63)77(67)56-37-39-61-59(45-56)58-22-18-19-23-60(58)73(61,13)14/h15-46H,1-14H3. The lowest BCUT2D eigenvalue weighted by molar-refractivity contribution is 0.590. The van der Waals surface area contributed by atoms with Crippen LogP contribution in [0.3, 0.4) is 0 Å². The normalized spacial score (nSPS) is 14.4. The Balaban J connectivity index is 1.13. The van der Waals surface area contributed by atoms with E-state index in [0.717, 1.165) is 22.7 Å². The number of hydrogen-bond donors (Lipinski definition) is 0. The monoisotopic (exact) mass is 1000 g/mol. The third kappa shape index (κ3) is 8.51. The van der Waals surface area contributed by atoms with E-state index < -0.39 is 0 Å². The summed E-state index contributed by atoms with van der Waals surface area (Å²) in [5.41, 5.74) is 27.3. The van der Waals surface area contributed by atoms with E-state index in [1.807, 2.05) is 0 Å². The van der Waals surface area contributed by atoms with Gasteiger partial charge in [0.2, 0.25) is 0 Å². The van der Waals surface area contributed by atoms with Gasteiger partial charge in [-0.3, -0.25) is 0 Å². The van der Waals surface area contributed by atoms with Crippen LogP contribution in [0.4, 0.5) is 51.2 Å². The third-order valence-corrected chi connectivity index (χ3v) is 17.1. The van der Waals surface area contributed by atoms with Gasteiger partial charge < -0.3 is 14.7 Å². The summed E-state index contributed by atoms with van der Waals surface area (Å²) in [5.74, 6) is 0. The molecule has 0 unspecified atom stereocenters. The maximum atomic E-state index is 2.61. The Morgan fingerprint density at radius 1 is 0.351 bits per heavy atom. The van der Waals surface area contributed by atoms with Crippen molar-refractivity contribution >= 4 is 74.3 Å². The molecule has 2 heterocycles. The van der Waals surface area contributed by atoms with Crippen LogP contribution in [0.2, 0.25) is 0 Å². The highest BCUT2D eigenvalue weighted by Crippen LogP contribution is 2.53. The molecule has 0 saturated heterocycles. The lowest BCUT2D eigenvalue weighted by Gasteiger charge is -2.45. The molecular weight excluding hydrogens is 930 g/mol. The fourth-order valence-electron chi connectivity index (χ4n) is 12.5. The van der Waals surface area contributed by atoms with Crippen molar-refractivity contribution in [2.75, 3.05) is 14.7 Å². The van der Waals surface area contributed by atoms with Crippen molar-refractivity contribution in [2.45, 2.75) is 124 Å². The minimum Gasteiger partial charge on any atom is -0.311 e. The number of rotatable bonds is 6. The predicted octanol–water partition coefficient (Wildman–Crippen LogP) is 18.4. The Kier molecular flexibility index (Phi) is 11.6. The van der Waals surface area contributed by atoms with Gasteiger partial charge in [0.1, 0.15) is 0 Å². The van der Waals surface area contributed by atoms with Crippen LogP contribution in [0.25, 0.3) is 22.3 Å². The molecule has 0 fully saturated rings. The summed E-state index contributed by atoms with van der Waals surface area (Å²) < 4.78 is 0. The third-order valence-electron chi connectivity index (χ3n) is 17.1. The number of fused-ring (bicyclic) bond motifs is 7. The topological polar surface area (TPSA) is 9.72 Å². The summed E-state index contributed by atoms with van der Waals surface area (Å²) in [6.45, 7) is 32.7. The van der Waals surface area contributed by atoms with E-state index >= 15 is 0 Å². The van der Waals surface area contributed by atoms with E-state index in [1.54, 1.807) is 0 Å². The molecular formula is C73H74BN3. The van der Waals surface area contributed by atoms with E-state index in [2.05, 4.69) is 306 Å². The Bertz CT molecular complexity index is 3740. The summed E-state index contributed by atoms with van der Waals surface area (Å²) in [6.07, 6.45) is 0. The molecule has 1 aliphatic carbocycles. The van der Waals surface area contributed by atoms with Gasteiger partial charge in [-0.05, 0) is 173 Å². The number of benzene rings is 9. The van der Waals surface area contributed by atoms with Crippen LogP contribution in [0.15, 0.2) is 194 Å². The Labute approximate surface area is 460 Å². The Hall–Kier alpha value is -7.56. The van der Waals surface area contributed by atoms with Gasteiger partial charge in [0.05, 0.1) is 0 Å². The summed E-state index contributed by atoms with van der Waals surface area (Å²) in [7, 11) is 0. The Morgan fingerprint density at radius 3 is 1.45 bits per heavy atom. The fourth-order valence-corrected chi connectivity index (χ4v) is 12.5. The van der Waals surface area contributed by atoms with Crippen molar-refractivity contribution < 1.29 is 0 Å². The largest absolute Gasteiger partial charge is 0.311 e. The first-order valence-electron chi connectivity index (χ1n) is 27.9. The van der Waals surface area contributed by atoms with Crippen molar-refractivity contribution in [1.82, 2.24) is 0 Å². The fraction of sp³-hybridized carbons (Fsp3) is 0.260. The molecule has 0 amide bonds. The van der Waals surface area contributed by atoms with Crippen molar-refractivity contribution in [3.8, 4) is 22.3 Å². The molecule has 0 radical (unpaired) electrons. The van der Waals surface area contributed by atoms with Gasteiger partial charge in [0.25, 0.3) is 6.71 Å². The number of nitrogens with zero attached hydrogens (tertiary/aromatic N) is 3. The first-order valence-corrected chi connectivity index (χ1v) is 27.9. The molecule has 0 aromatic heterocycles. The Morgan fingerprint density at radius 2 is 0.844 bits per heavy atom. The van der Waals surface area contributed by atoms with E-state index in [4.69, 9.17) is 0 Å². The molecule has 3 aliphatic rings. The van der Waals surface area contributed by atoms with Gasteiger partial charge in [-0.2, -0.15) is 0 Å². The molecule has 4 heteroatoms. The number of anilines is 9. The van der Waals surface area contributed by atoms with Gasteiger partial charge in [0.15, 0.2) is 0 Å². The molecule has 0 atom stereocenters. The molecule has 9 aromatic rings. The molecule has 0 spiro atoms. The van der Waals surface area contributed by atoms with Crippen molar-refractivity contribution in [3.63, 3.8) is 0 Å². The molecule has 0 saturated carbocycles. The smallest absolute Gasteiger partial charge is 0.252 e. The second-order valence-electron chi connectivity index (χ2n) is 26.8. The van der Waals surface area contributed by atoms with Gasteiger partial charge >= 0.3 is 0 Å². The van der Waals surface area contributed by atoms with E-state index in [0.29, 0.717) is 0 Å². The second kappa shape index (κ2) is 17.7. The lowest BCUT2D eigenvalue weighted by Crippen LogP contribution is -2.61. The molecule has 77 heavy (non-hydrogen) atoms. The van der Waals surface area contributed by atoms with Crippen LogP contribution in [-0.2, 0) is 27.1 Å². The highest BCUT2D eigenvalue weighted by molar-refractivity contribution is 7.00. The van der Waals surface area contributed by atoms with Crippen molar-refractivity contribution in [1.29, 1.82) is 0 Å². The van der Waals surface area contributed by atoms with Gasteiger partial charge in [-0.25, -0.2) is 0 Å². The van der Waals surface area contributed by atoms with Gasteiger partial charge in [-0.15, -0.1) is 0 Å². The van der Waals surface area contributed by atoms with Gasteiger partial charge in [0, 0.05) is 56.6 Å². The van der Waals surface area contributed by atoms with Crippen LogP contribution in [0.1, 0.15) is 130 Å².